The molecule has 0 saturated carbocycles. The average molecular weight is 363 g/mol. The second kappa shape index (κ2) is 8.57. The van der Waals surface area contributed by atoms with E-state index in [0.717, 1.165) is 0 Å². The SMILES string of the molecule is CNC(=O)C[C@@H]1CC[C@@H]2[C@H](COC[C@@H](O)CN2C(=O)c2ccccn2)O1. The third-order valence-corrected chi connectivity index (χ3v) is 4.82. The first-order valence-electron chi connectivity index (χ1n) is 8.92. The van der Waals surface area contributed by atoms with Gasteiger partial charge >= 0.3 is 0 Å². The zero-order chi connectivity index (χ0) is 18.5. The number of hydrogen-bond donors (Lipinski definition) is 2. The Balaban J connectivity index is 1.77. The Labute approximate surface area is 152 Å². The molecule has 0 aromatic carbocycles. The van der Waals surface area contributed by atoms with Crippen molar-refractivity contribution in [3.63, 3.8) is 0 Å². The van der Waals surface area contributed by atoms with E-state index in [0.29, 0.717) is 18.5 Å². The fourth-order valence-corrected chi connectivity index (χ4v) is 3.52. The van der Waals surface area contributed by atoms with Crippen molar-refractivity contribution in [2.75, 3.05) is 26.8 Å². The summed E-state index contributed by atoms with van der Waals surface area (Å²) in [7, 11) is 1.60. The van der Waals surface area contributed by atoms with E-state index in [1.165, 1.54) is 0 Å². The molecule has 2 aliphatic heterocycles. The van der Waals surface area contributed by atoms with Gasteiger partial charge in [-0.3, -0.25) is 14.6 Å². The maximum absolute atomic E-state index is 13.0. The van der Waals surface area contributed by atoms with E-state index in [-0.39, 0.29) is 56.2 Å². The van der Waals surface area contributed by atoms with Gasteiger partial charge in [0.1, 0.15) is 11.8 Å². The van der Waals surface area contributed by atoms with E-state index in [1.807, 2.05) is 0 Å². The highest BCUT2D eigenvalue weighted by Crippen LogP contribution is 2.28. The Bertz CT molecular complexity index is 627. The summed E-state index contributed by atoms with van der Waals surface area (Å²) in [6.45, 7) is 0.580. The zero-order valence-corrected chi connectivity index (χ0v) is 14.8. The number of rotatable bonds is 3. The minimum absolute atomic E-state index is 0.0722. The van der Waals surface area contributed by atoms with E-state index >= 15 is 0 Å². The molecule has 0 bridgehead atoms. The van der Waals surface area contributed by atoms with Crippen LogP contribution in [0.25, 0.3) is 0 Å². The van der Waals surface area contributed by atoms with Crippen LogP contribution in [0.1, 0.15) is 29.8 Å². The third kappa shape index (κ3) is 4.38. The molecule has 2 fully saturated rings. The van der Waals surface area contributed by atoms with Gasteiger partial charge in [-0.15, -0.1) is 0 Å². The molecular weight excluding hydrogens is 338 g/mol. The number of pyridine rings is 1. The fraction of sp³-hybridized carbons (Fsp3) is 0.611. The number of carbonyl (C=O) groups is 2. The lowest BCUT2D eigenvalue weighted by atomic mass is 9.94. The fourth-order valence-electron chi connectivity index (χ4n) is 3.52. The van der Waals surface area contributed by atoms with Crippen LogP contribution in [0.2, 0.25) is 0 Å². The van der Waals surface area contributed by atoms with Crippen LogP contribution in [-0.4, -0.2) is 78.0 Å². The quantitative estimate of drug-likeness (QED) is 0.782. The molecule has 26 heavy (non-hydrogen) atoms. The van der Waals surface area contributed by atoms with Gasteiger partial charge in [0.25, 0.3) is 5.91 Å². The highest BCUT2D eigenvalue weighted by atomic mass is 16.5. The van der Waals surface area contributed by atoms with Crippen LogP contribution in [0.5, 0.6) is 0 Å². The van der Waals surface area contributed by atoms with Crippen LogP contribution in [0.4, 0.5) is 0 Å². The largest absolute Gasteiger partial charge is 0.389 e. The molecule has 0 spiro atoms. The lowest BCUT2D eigenvalue weighted by Crippen LogP contribution is -2.57. The molecule has 3 heterocycles. The summed E-state index contributed by atoms with van der Waals surface area (Å²) < 4.78 is 11.6. The topological polar surface area (TPSA) is 101 Å². The lowest BCUT2D eigenvalue weighted by molar-refractivity contribution is -0.150. The smallest absolute Gasteiger partial charge is 0.272 e. The first-order valence-corrected chi connectivity index (χ1v) is 8.92. The molecule has 1 aromatic rings. The van der Waals surface area contributed by atoms with Crippen molar-refractivity contribution in [3.05, 3.63) is 30.1 Å². The van der Waals surface area contributed by atoms with Gasteiger partial charge in [-0.25, -0.2) is 0 Å². The Kier molecular flexibility index (Phi) is 6.18. The number of hydrogen-bond acceptors (Lipinski definition) is 6. The number of ether oxygens (including phenoxy) is 2. The zero-order valence-electron chi connectivity index (χ0n) is 14.8. The second-order valence-corrected chi connectivity index (χ2v) is 6.68. The molecule has 2 amide bonds. The van der Waals surface area contributed by atoms with E-state index in [9.17, 15) is 14.7 Å². The molecule has 2 N–H and O–H groups in total. The molecule has 2 saturated heterocycles. The lowest BCUT2D eigenvalue weighted by Gasteiger charge is -2.44. The monoisotopic (exact) mass is 363 g/mol. The van der Waals surface area contributed by atoms with Crippen LogP contribution < -0.4 is 5.32 Å². The first-order chi connectivity index (χ1) is 12.6. The van der Waals surface area contributed by atoms with Crippen molar-refractivity contribution >= 4 is 11.8 Å². The molecule has 142 valence electrons. The predicted molar refractivity (Wildman–Crippen MR) is 92.5 cm³/mol. The van der Waals surface area contributed by atoms with Gasteiger partial charge in [-0.05, 0) is 25.0 Å². The molecule has 8 nitrogen and oxygen atoms in total. The van der Waals surface area contributed by atoms with Crippen LogP contribution in [0, 0.1) is 0 Å². The number of β-amino-alcohol motifs (C(OH)–C–C–N with tert-alkyl or cyclic N) is 1. The van der Waals surface area contributed by atoms with Gasteiger partial charge in [0.2, 0.25) is 5.91 Å². The predicted octanol–water partition coefficient (Wildman–Crippen LogP) is -0.0328. The molecule has 3 rings (SSSR count). The number of fused-ring (bicyclic) bond motifs is 1. The van der Waals surface area contributed by atoms with Crippen LogP contribution in [0.15, 0.2) is 24.4 Å². The van der Waals surface area contributed by atoms with Crippen molar-refractivity contribution in [2.45, 2.75) is 43.6 Å². The highest BCUT2D eigenvalue weighted by Gasteiger charge is 2.40. The standard InChI is InChI=1S/C18H25N3O5/c1-19-17(23)8-13-5-6-15-16(26-13)11-25-10-12(22)9-21(15)18(24)14-4-2-3-7-20-14/h2-4,7,12-13,15-16,22H,5-6,8-11H2,1H3,(H,19,23)/t12-,13-,15+,16-/m0/s1. The third-order valence-electron chi connectivity index (χ3n) is 4.82. The molecule has 8 heteroatoms. The summed E-state index contributed by atoms with van der Waals surface area (Å²) in [4.78, 5) is 30.4. The number of carbonyl (C=O) groups excluding carboxylic acids is 2. The summed E-state index contributed by atoms with van der Waals surface area (Å²) in [5.74, 6) is -0.299. The van der Waals surface area contributed by atoms with E-state index in [2.05, 4.69) is 10.3 Å². The highest BCUT2D eigenvalue weighted by molar-refractivity contribution is 5.92. The number of aromatic nitrogens is 1. The summed E-state index contributed by atoms with van der Waals surface area (Å²) >= 11 is 0. The molecular formula is C18H25N3O5. The summed E-state index contributed by atoms with van der Waals surface area (Å²) in [6.07, 6.45) is 1.92. The van der Waals surface area contributed by atoms with Crippen LogP contribution in [0.3, 0.4) is 0 Å². The Morgan fingerprint density at radius 2 is 2.19 bits per heavy atom. The number of nitrogens with one attached hydrogen (secondary N) is 1. The van der Waals surface area contributed by atoms with Crippen LogP contribution in [-0.2, 0) is 14.3 Å². The molecule has 2 aliphatic rings. The average Bonchev–Trinajstić information content (AvgIpc) is 2.65. The summed E-state index contributed by atoms with van der Waals surface area (Å²) in [6, 6.07) is 4.96. The van der Waals surface area contributed by atoms with E-state index < -0.39 is 6.10 Å². The molecule has 0 unspecified atom stereocenters. The molecule has 1 aromatic heterocycles. The minimum atomic E-state index is -0.757. The number of nitrogens with zero attached hydrogens (tertiary/aromatic N) is 2. The van der Waals surface area contributed by atoms with Crippen molar-refractivity contribution in [3.8, 4) is 0 Å². The number of amides is 2. The van der Waals surface area contributed by atoms with Gasteiger partial charge < -0.3 is 24.8 Å². The van der Waals surface area contributed by atoms with Crippen molar-refractivity contribution in [2.24, 2.45) is 0 Å². The Morgan fingerprint density at radius 1 is 1.35 bits per heavy atom. The molecule has 0 radical (unpaired) electrons. The van der Waals surface area contributed by atoms with Gasteiger partial charge in [0.15, 0.2) is 0 Å². The van der Waals surface area contributed by atoms with Crippen molar-refractivity contribution in [1.29, 1.82) is 0 Å². The summed E-state index contributed by atoms with van der Waals surface area (Å²) in [5, 5.41) is 12.7. The second-order valence-electron chi connectivity index (χ2n) is 6.68. The maximum Gasteiger partial charge on any atom is 0.272 e. The van der Waals surface area contributed by atoms with E-state index in [4.69, 9.17) is 9.47 Å². The van der Waals surface area contributed by atoms with Crippen molar-refractivity contribution < 1.29 is 24.2 Å². The van der Waals surface area contributed by atoms with Gasteiger partial charge in [0.05, 0.1) is 37.9 Å². The minimum Gasteiger partial charge on any atom is -0.389 e. The Hall–Kier alpha value is -2.03. The van der Waals surface area contributed by atoms with Crippen molar-refractivity contribution in [1.82, 2.24) is 15.2 Å². The first kappa shape index (κ1) is 18.8. The summed E-state index contributed by atoms with van der Waals surface area (Å²) in [5.41, 5.74) is 0.340. The van der Waals surface area contributed by atoms with Crippen LogP contribution >= 0.6 is 0 Å². The van der Waals surface area contributed by atoms with E-state index in [1.54, 1.807) is 36.3 Å². The van der Waals surface area contributed by atoms with Gasteiger partial charge in [-0.1, -0.05) is 6.07 Å². The molecule has 0 aliphatic carbocycles. The maximum atomic E-state index is 13.0. The number of aliphatic hydroxyl groups excluding tert-OH is 1. The van der Waals surface area contributed by atoms with Gasteiger partial charge in [0, 0.05) is 19.8 Å². The molecule has 4 atom stereocenters. The normalized spacial score (nSPS) is 29.2. The van der Waals surface area contributed by atoms with Gasteiger partial charge in [-0.2, -0.15) is 0 Å². The number of aliphatic hydroxyl groups is 1. The Morgan fingerprint density at radius 3 is 2.92 bits per heavy atom.